The number of allylic oxidation sites excluding steroid dienone is 1. The quantitative estimate of drug-likeness (QED) is 0.272. The molecule has 12 heteroatoms. The molecule has 3 aliphatic heterocycles. The number of benzene rings is 1. The summed E-state index contributed by atoms with van der Waals surface area (Å²) in [6.45, 7) is 6.43. The zero-order valence-corrected chi connectivity index (χ0v) is 22.4. The van der Waals surface area contributed by atoms with Gasteiger partial charge in [-0.25, -0.2) is 9.79 Å². The summed E-state index contributed by atoms with van der Waals surface area (Å²) in [6, 6.07) is 5.33. The van der Waals surface area contributed by atoms with Crippen molar-refractivity contribution in [2.75, 3.05) is 26.3 Å². The number of hydrogen-bond donors (Lipinski definition) is 0. The van der Waals surface area contributed by atoms with Crippen molar-refractivity contribution < 1.29 is 28.8 Å². The van der Waals surface area contributed by atoms with E-state index in [1.165, 1.54) is 23.9 Å². The normalized spacial score (nSPS) is 20.9. The number of amides is 1. The zero-order valence-electron chi connectivity index (χ0n) is 21.5. The summed E-state index contributed by atoms with van der Waals surface area (Å²) in [6.07, 6.45) is 1.39. The minimum absolute atomic E-state index is 0.0160. The standard InChI is InChI=1S/C26H30N4O7S/c1-4-36-24(32)18-9-7-11-28(14-18)21(31)13-20-15-38-26-27-16(3)22(25(33)37-5-2)23(29(20)26)17-8-6-10-19(12-17)30(34)35/h6,8,10,12,15,18,23H,4-5,7,9,11,13-14H2,1-3H3/t18-,23+/m1/s1. The van der Waals surface area contributed by atoms with Crippen LogP contribution in [0.1, 0.15) is 51.6 Å². The molecule has 3 aliphatic rings. The van der Waals surface area contributed by atoms with Crippen LogP contribution in [0.3, 0.4) is 0 Å². The largest absolute Gasteiger partial charge is 0.466 e. The van der Waals surface area contributed by atoms with E-state index >= 15 is 0 Å². The molecule has 0 bridgehead atoms. The first-order valence-electron chi connectivity index (χ1n) is 12.5. The first-order chi connectivity index (χ1) is 18.2. The van der Waals surface area contributed by atoms with E-state index in [-0.39, 0.29) is 42.1 Å². The van der Waals surface area contributed by atoms with Gasteiger partial charge in [0.25, 0.3) is 5.69 Å². The Balaban J connectivity index is 1.64. The number of piperidine rings is 1. The van der Waals surface area contributed by atoms with Crippen LogP contribution in [0, 0.1) is 16.0 Å². The number of ether oxygens (including phenoxy) is 2. The van der Waals surface area contributed by atoms with Crippen LogP contribution in [0.5, 0.6) is 0 Å². The van der Waals surface area contributed by atoms with Gasteiger partial charge in [0.15, 0.2) is 5.17 Å². The summed E-state index contributed by atoms with van der Waals surface area (Å²) in [7, 11) is 0. The van der Waals surface area contributed by atoms with Gasteiger partial charge in [0, 0.05) is 30.9 Å². The molecule has 0 N–H and O–H groups in total. The van der Waals surface area contributed by atoms with E-state index in [0.29, 0.717) is 54.7 Å². The van der Waals surface area contributed by atoms with Gasteiger partial charge in [-0.3, -0.25) is 19.7 Å². The minimum atomic E-state index is -0.760. The molecule has 0 saturated carbocycles. The predicted octanol–water partition coefficient (Wildman–Crippen LogP) is 3.92. The Labute approximate surface area is 224 Å². The first kappa shape index (κ1) is 27.4. The molecule has 11 nitrogen and oxygen atoms in total. The van der Waals surface area contributed by atoms with Gasteiger partial charge >= 0.3 is 11.9 Å². The molecule has 1 fully saturated rings. The van der Waals surface area contributed by atoms with E-state index in [1.807, 2.05) is 5.41 Å². The summed E-state index contributed by atoms with van der Waals surface area (Å²) >= 11 is 1.32. The fourth-order valence-corrected chi connectivity index (χ4v) is 5.85. The monoisotopic (exact) mass is 542 g/mol. The molecule has 0 aliphatic carbocycles. The molecule has 1 saturated heterocycles. The second-order valence-electron chi connectivity index (χ2n) is 9.07. The van der Waals surface area contributed by atoms with E-state index in [9.17, 15) is 24.5 Å². The number of nitro benzene ring substituents is 1. The number of nitro groups is 1. The molecule has 3 heterocycles. The van der Waals surface area contributed by atoms with E-state index in [0.717, 1.165) is 0 Å². The number of fused-ring (bicyclic) bond motifs is 1. The molecule has 202 valence electrons. The van der Waals surface area contributed by atoms with E-state index in [4.69, 9.17) is 9.47 Å². The Hall–Kier alpha value is -3.67. The van der Waals surface area contributed by atoms with Crippen LogP contribution in [0.2, 0.25) is 0 Å². The Morgan fingerprint density at radius 2 is 1.97 bits per heavy atom. The highest BCUT2D eigenvalue weighted by molar-refractivity contribution is 8.16. The van der Waals surface area contributed by atoms with Crippen LogP contribution in [-0.4, -0.2) is 64.0 Å². The lowest BCUT2D eigenvalue weighted by Crippen LogP contribution is -2.44. The second-order valence-corrected chi connectivity index (χ2v) is 9.91. The maximum absolute atomic E-state index is 13.4. The minimum Gasteiger partial charge on any atom is -0.466 e. The SMILES string of the molecule is CCOC(=O)C1=C(C)N=C2SC=C(CC(=O)N3CCC[C@@H](C(=O)OCC)C3)N2[C@H]1c1cccc([N+](=O)[O-])c1. The van der Waals surface area contributed by atoms with E-state index in [2.05, 4.69) is 4.99 Å². The molecular weight excluding hydrogens is 512 g/mol. The summed E-state index contributed by atoms with van der Waals surface area (Å²) in [4.78, 5) is 57.8. The van der Waals surface area contributed by atoms with Gasteiger partial charge in [0.1, 0.15) is 0 Å². The highest BCUT2D eigenvalue weighted by atomic mass is 32.2. The topological polar surface area (TPSA) is 132 Å². The van der Waals surface area contributed by atoms with Crippen molar-refractivity contribution in [1.29, 1.82) is 0 Å². The number of aliphatic imine (C=N–C) groups is 1. The number of hydrogen-bond acceptors (Lipinski definition) is 10. The highest BCUT2D eigenvalue weighted by Gasteiger charge is 2.42. The Morgan fingerprint density at radius 3 is 2.68 bits per heavy atom. The van der Waals surface area contributed by atoms with Gasteiger partial charge in [0.05, 0.1) is 47.8 Å². The lowest BCUT2D eigenvalue weighted by molar-refractivity contribution is -0.384. The third kappa shape index (κ3) is 5.59. The molecule has 4 rings (SSSR count). The smallest absolute Gasteiger partial charge is 0.338 e. The van der Waals surface area contributed by atoms with Crippen molar-refractivity contribution in [2.45, 2.75) is 46.1 Å². The van der Waals surface area contributed by atoms with E-state index in [1.54, 1.807) is 42.7 Å². The molecule has 0 aromatic heterocycles. The summed E-state index contributed by atoms with van der Waals surface area (Å²) in [5, 5.41) is 13.9. The Morgan fingerprint density at radius 1 is 1.21 bits per heavy atom. The van der Waals surface area contributed by atoms with Crippen molar-refractivity contribution in [3.8, 4) is 0 Å². The lowest BCUT2D eigenvalue weighted by atomic mass is 9.93. The van der Waals surface area contributed by atoms with Gasteiger partial charge < -0.3 is 19.3 Å². The van der Waals surface area contributed by atoms with Crippen molar-refractivity contribution in [3.63, 3.8) is 0 Å². The number of esters is 2. The molecule has 0 unspecified atom stereocenters. The van der Waals surface area contributed by atoms with Crippen molar-refractivity contribution in [1.82, 2.24) is 9.80 Å². The van der Waals surface area contributed by atoms with Crippen LogP contribution in [-0.2, 0) is 23.9 Å². The lowest BCUT2D eigenvalue weighted by Gasteiger charge is -2.37. The van der Waals surface area contributed by atoms with Gasteiger partial charge in [0.2, 0.25) is 5.91 Å². The fourth-order valence-electron chi connectivity index (χ4n) is 4.89. The third-order valence-corrected chi connectivity index (χ3v) is 7.51. The van der Waals surface area contributed by atoms with Crippen molar-refractivity contribution in [2.24, 2.45) is 10.9 Å². The van der Waals surface area contributed by atoms with Crippen LogP contribution in [0.15, 0.2) is 51.6 Å². The molecule has 1 aromatic carbocycles. The van der Waals surface area contributed by atoms with Gasteiger partial charge in [-0.2, -0.15) is 0 Å². The van der Waals surface area contributed by atoms with Crippen LogP contribution in [0.25, 0.3) is 0 Å². The summed E-state index contributed by atoms with van der Waals surface area (Å²) in [5.74, 6) is -1.38. The second kappa shape index (κ2) is 11.8. The summed E-state index contributed by atoms with van der Waals surface area (Å²) < 4.78 is 10.5. The molecule has 1 aromatic rings. The van der Waals surface area contributed by atoms with Gasteiger partial charge in [-0.05, 0) is 44.6 Å². The molecule has 0 spiro atoms. The number of rotatable bonds is 8. The van der Waals surface area contributed by atoms with Crippen molar-refractivity contribution >= 4 is 40.5 Å². The number of likely N-dealkylation sites (tertiary alicyclic amines) is 1. The third-order valence-electron chi connectivity index (χ3n) is 6.62. The first-order valence-corrected chi connectivity index (χ1v) is 13.4. The number of thioether (sulfide) groups is 1. The molecular formula is C26H30N4O7S. The number of carbonyl (C=O) groups is 3. The average Bonchev–Trinajstić information content (AvgIpc) is 3.29. The van der Waals surface area contributed by atoms with Crippen LogP contribution in [0.4, 0.5) is 5.69 Å². The molecule has 38 heavy (non-hydrogen) atoms. The predicted molar refractivity (Wildman–Crippen MR) is 141 cm³/mol. The zero-order chi connectivity index (χ0) is 27.4. The average molecular weight is 543 g/mol. The summed E-state index contributed by atoms with van der Waals surface area (Å²) in [5.41, 5.74) is 1.72. The highest BCUT2D eigenvalue weighted by Crippen LogP contribution is 2.45. The number of non-ortho nitro benzene ring substituents is 1. The maximum Gasteiger partial charge on any atom is 0.338 e. The molecule has 0 radical (unpaired) electrons. The van der Waals surface area contributed by atoms with Crippen molar-refractivity contribution in [3.05, 3.63) is 62.3 Å². The van der Waals surface area contributed by atoms with Gasteiger partial charge in [-0.15, -0.1) is 0 Å². The van der Waals surface area contributed by atoms with E-state index < -0.39 is 16.9 Å². The molecule has 1 amide bonds. The number of amidine groups is 1. The van der Waals surface area contributed by atoms with Crippen LogP contribution < -0.4 is 0 Å². The Bertz CT molecular complexity index is 1240. The number of nitrogens with zero attached hydrogens (tertiary/aromatic N) is 4. The molecule has 2 atom stereocenters. The Kier molecular flexibility index (Phi) is 8.50. The maximum atomic E-state index is 13.4. The van der Waals surface area contributed by atoms with Gasteiger partial charge in [-0.1, -0.05) is 23.9 Å². The van der Waals surface area contributed by atoms with Crippen LogP contribution >= 0.6 is 11.8 Å². The number of carbonyl (C=O) groups excluding carboxylic acids is 3. The fraction of sp³-hybridized carbons (Fsp3) is 0.462.